The van der Waals surface area contributed by atoms with E-state index in [2.05, 4.69) is 10.2 Å². The zero-order valence-electron chi connectivity index (χ0n) is 18.0. The molecule has 34 heavy (non-hydrogen) atoms. The van der Waals surface area contributed by atoms with E-state index in [0.29, 0.717) is 11.3 Å². The van der Waals surface area contributed by atoms with Gasteiger partial charge in [-0.2, -0.15) is 0 Å². The summed E-state index contributed by atoms with van der Waals surface area (Å²) < 4.78 is 32.0. The maximum atomic E-state index is 15.2. The highest BCUT2D eigenvalue weighted by Gasteiger charge is 2.23. The fourth-order valence-electron chi connectivity index (χ4n) is 4.10. The fraction of sp³-hybridized carbons (Fsp3) is 0.120. The molecule has 0 radical (unpaired) electrons. The van der Waals surface area contributed by atoms with Crippen LogP contribution in [-0.2, 0) is 13.5 Å². The van der Waals surface area contributed by atoms with Gasteiger partial charge in [0.25, 0.3) is 0 Å². The number of hydrogen-bond donors (Lipinski definition) is 3. The average Bonchev–Trinajstić information content (AvgIpc) is 3.36. The van der Waals surface area contributed by atoms with E-state index in [1.807, 2.05) is 36.0 Å². The SMILES string of the molecule is Cn1ccc2cc(-n3c(O)nnc3-c3cc(C(F)Cc4cccc(F)c4)c(O)cc3O)ccc21. The predicted molar refractivity (Wildman–Crippen MR) is 122 cm³/mol. The molecule has 9 heteroatoms. The third-order valence-corrected chi connectivity index (χ3v) is 5.80. The van der Waals surface area contributed by atoms with Crippen LogP contribution in [0.4, 0.5) is 8.78 Å². The van der Waals surface area contributed by atoms with Crippen LogP contribution >= 0.6 is 0 Å². The summed E-state index contributed by atoms with van der Waals surface area (Å²) in [5.74, 6) is -1.25. The number of hydrogen-bond acceptors (Lipinski definition) is 5. The van der Waals surface area contributed by atoms with Crippen molar-refractivity contribution >= 4 is 10.9 Å². The van der Waals surface area contributed by atoms with Gasteiger partial charge in [0.2, 0.25) is 0 Å². The predicted octanol–water partition coefficient (Wildman–Crippen LogP) is 4.94. The lowest BCUT2D eigenvalue weighted by Crippen LogP contribution is -2.01. The molecule has 3 N–H and O–H groups in total. The smallest absolute Gasteiger partial charge is 0.319 e. The van der Waals surface area contributed by atoms with Crippen molar-refractivity contribution in [1.29, 1.82) is 0 Å². The normalized spacial score (nSPS) is 12.3. The van der Waals surface area contributed by atoms with Crippen LogP contribution in [0.25, 0.3) is 28.0 Å². The summed E-state index contributed by atoms with van der Waals surface area (Å²) in [6, 6.07) is 14.8. The molecule has 0 bridgehead atoms. The third-order valence-electron chi connectivity index (χ3n) is 5.80. The second-order valence-corrected chi connectivity index (χ2v) is 8.06. The highest BCUT2D eigenvalue weighted by Crippen LogP contribution is 2.40. The number of aromatic nitrogens is 4. The zero-order valence-corrected chi connectivity index (χ0v) is 18.0. The monoisotopic (exact) mass is 462 g/mol. The van der Waals surface area contributed by atoms with E-state index in [0.717, 1.165) is 17.0 Å². The number of nitrogens with zero attached hydrogens (tertiary/aromatic N) is 4. The van der Waals surface area contributed by atoms with Gasteiger partial charge < -0.3 is 19.9 Å². The average molecular weight is 462 g/mol. The molecule has 1 atom stereocenters. The lowest BCUT2D eigenvalue weighted by Gasteiger charge is -2.15. The molecule has 0 aliphatic rings. The van der Waals surface area contributed by atoms with E-state index >= 15 is 4.39 Å². The first-order valence-electron chi connectivity index (χ1n) is 10.5. The van der Waals surface area contributed by atoms with Gasteiger partial charge in [0.1, 0.15) is 23.5 Å². The number of aromatic hydroxyl groups is 3. The molecule has 0 fully saturated rings. The van der Waals surface area contributed by atoms with E-state index in [1.54, 1.807) is 12.1 Å². The molecule has 0 aliphatic carbocycles. The van der Waals surface area contributed by atoms with Crippen LogP contribution in [0.2, 0.25) is 0 Å². The minimum atomic E-state index is -1.69. The Morgan fingerprint density at radius 1 is 0.941 bits per heavy atom. The van der Waals surface area contributed by atoms with Crippen molar-refractivity contribution in [3.8, 4) is 34.6 Å². The van der Waals surface area contributed by atoms with Gasteiger partial charge in [-0.15, -0.1) is 5.10 Å². The Morgan fingerprint density at radius 3 is 2.56 bits per heavy atom. The summed E-state index contributed by atoms with van der Waals surface area (Å²) in [6.45, 7) is 0. The minimum Gasteiger partial charge on any atom is -0.507 e. The molecule has 2 heterocycles. The Morgan fingerprint density at radius 2 is 1.76 bits per heavy atom. The van der Waals surface area contributed by atoms with Gasteiger partial charge in [-0.25, -0.2) is 13.3 Å². The molecule has 0 spiro atoms. The van der Waals surface area contributed by atoms with Crippen LogP contribution in [-0.4, -0.2) is 34.7 Å². The molecule has 0 saturated carbocycles. The standard InChI is InChI=1S/C25H20F2N4O3/c1-30-8-7-15-11-17(5-6-21(15)30)31-24(28-29-25(31)34)19-12-18(22(32)13-23(19)33)20(27)10-14-3-2-4-16(26)9-14/h2-9,11-13,20,32-33H,10H2,1H3,(H,29,34). The van der Waals surface area contributed by atoms with E-state index < -0.39 is 23.7 Å². The summed E-state index contributed by atoms with van der Waals surface area (Å²) >= 11 is 0. The minimum absolute atomic E-state index is 0.0597. The van der Waals surface area contributed by atoms with Crippen molar-refractivity contribution in [2.24, 2.45) is 7.05 Å². The van der Waals surface area contributed by atoms with Gasteiger partial charge in [-0.3, -0.25) is 0 Å². The van der Waals surface area contributed by atoms with Gasteiger partial charge in [-0.1, -0.05) is 17.2 Å². The first kappa shape index (κ1) is 21.4. The van der Waals surface area contributed by atoms with Gasteiger partial charge >= 0.3 is 6.01 Å². The number of alkyl halides is 1. The Kier molecular flexibility index (Phi) is 5.16. The van der Waals surface area contributed by atoms with Crippen molar-refractivity contribution in [1.82, 2.24) is 19.3 Å². The number of halogens is 2. The van der Waals surface area contributed by atoms with E-state index in [-0.39, 0.29) is 29.1 Å². The van der Waals surface area contributed by atoms with Crippen molar-refractivity contribution < 1.29 is 24.1 Å². The second kappa shape index (κ2) is 8.18. The van der Waals surface area contributed by atoms with E-state index in [9.17, 15) is 19.7 Å². The Hall–Kier alpha value is -4.40. The lowest BCUT2D eigenvalue weighted by molar-refractivity contribution is 0.327. The molecule has 0 aliphatic heterocycles. The van der Waals surface area contributed by atoms with Crippen LogP contribution < -0.4 is 0 Å². The molecular formula is C25H20F2N4O3. The molecule has 5 aromatic rings. The van der Waals surface area contributed by atoms with Gasteiger partial charge in [-0.05, 0) is 48.0 Å². The molecule has 2 aromatic heterocycles. The second-order valence-electron chi connectivity index (χ2n) is 8.06. The summed E-state index contributed by atoms with van der Waals surface area (Å²) in [4.78, 5) is 0. The number of fused-ring (bicyclic) bond motifs is 1. The quantitative estimate of drug-likeness (QED) is 0.344. The molecule has 5 rings (SSSR count). The number of phenolic OH excluding ortho intramolecular Hbond substituents is 2. The zero-order chi connectivity index (χ0) is 24.0. The van der Waals surface area contributed by atoms with Crippen molar-refractivity contribution in [2.75, 3.05) is 0 Å². The highest BCUT2D eigenvalue weighted by atomic mass is 19.1. The molecule has 172 valence electrons. The van der Waals surface area contributed by atoms with Crippen LogP contribution in [0.5, 0.6) is 17.5 Å². The summed E-state index contributed by atoms with van der Waals surface area (Å²) in [5, 5.41) is 39.9. The summed E-state index contributed by atoms with van der Waals surface area (Å²) in [6.07, 6.45) is 0.0317. The number of benzene rings is 3. The third kappa shape index (κ3) is 3.71. The van der Waals surface area contributed by atoms with E-state index in [1.165, 1.54) is 28.8 Å². The van der Waals surface area contributed by atoms with Crippen molar-refractivity contribution in [3.63, 3.8) is 0 Å². The summed E-state index contributed by atoms with van der Waals surface area (Å²) in [7, 11) is 1.91. The maximum absolute atomic E-state index is 15.2. The Bertz CT molecular complexity index is 1530. The molecule has 1 unspecified atom stereocenters. The largest absolute Gasteiger partial charge is 0.507 e. The molecular weight excluding hydrogens is 442 g/mol. The number of phenols is 2. The van der Waals surface area contributed by atoms with Crippen LogP contribution in [0.3, 0.4) is 0 Å². The molecule has 7 nitrogen and oxygen atoms in total. The first-order chi connectivity index (χ1) is 16.3. The number of rotatable bonds is 5. The number of aryl methyl sites for hydroxylation is 1. The van der Waals surface area contributed by atoms with Crippen molar-refractivity contribution in [3.05, 3.63) is 83.8 Å². The highest BCUT2D eigenvalue weighted by molar-refractivity contribution is 5.83. The van der Waals surface area contributed by atoms with Crippen molar-refractivity contribution in [2.45, 2.75) is 12.6 Å². The summed E-state index contributed by atoms with van der Waals surface area (Å²) in [5.41, 5.74) is 1.88. The van der Waals surface area contributed by atoms with E-state index in [4.69, 9.17) is 0 Å². The maximum Gasteiger partial charge on any atom is 0.319 e. The van der Waals surface area contributed by atoms with Gasteiger partial charge in [0, 0.05) is 42.2 Å². The lowest BCUT2D eigenvalue weighted by atomic mass is 9.99. The molecule has 3 aromatic carbocycles. The molecule has 0 saturated heterocycles. The van der Waals surface area contributed by atoms with Crippen LogP contribution in [0, 0.1) is 5.82 Å². The van der Waals surface area contributed by atoms with Gasteiger partial charge in [0.05, 0.1) is 11.3 Å². The fourth-order valence-corrected chi connectivity index (χ4v) is 4.10. The molecule has 0 amide bonds. The Labute approximate surface area is 192 Å². The van der Waals surface area contributed by atoms with Crippen LogP contribution in [0.1, 0.15) is 17.3 Å². The topological polar surface area (TPSA) is 96.3 Å². The first-order valence-corrected chi connectivity index (χ1v) is 10.5. The van der Waals surface area contributed by atoms with Crippen LogP contribution in [0.15, 0.2) is 66.9 Å². The Balaban J connectivity index is 1.58. The van der Waals surface area contributed by atoms with Gasteiger partial charge in [0.15, 0.2) is 5.82 Å².